The molecule has 0 radical (unpaired) electrons. The van der Waals surface area contributed by atoms with Gasteiger partial charge in [-0.05, 0) is 43.5 Å². The van der Waals surface area contributed by atoms with E-state index in [0.29, 0.717) is 13.2 Å². The molecule has 1 unspecified atom stereocenters. The molecule has 0 saturated carbocycles. The van der Waals surface area contributed by atoms with Crippen molar-refractivity contribution in [3.05, 3.63) is 23.3 Å². The molecule has 0 bridgehead atoms. The summed E-state index contributed by atoms with van der Waals surface area (Å²) in [5.74, 6) is 0.802. The highest BCUT2D eigenvalue weighted by Gasteiger charge is 2.16. The van der Waals surface area contributed by atoms with E-state index in [1.807, 2.05) is 37.3 Å². The van der Waals surface area contributed by atoms with E-state index in [2.05, 4.69) is 6.92 Å². The van der Waals surface area contributed by atoms with Gasteiger partial charge in [-0.1, -0.05) is 6.92 Å². The fourth-order valence-corrected chi connectivity index (χ4v) is 3.39. The van der Waals surface area contributed by atoms with Gasteiger partial charge in [-0.3, -0.25) is 0 Å². The topological polar surface area (TPSA) is 38.8 Å². The van der Waals surface area contributed by atoms with Gasteiger partial charge in [0.15, 0.2) is 0 Å². The molecule has 1 aromatic carbocycles. The Morgan fingerprint density at radius 1 is 1.20 bits per heavy atom. The average Bonchev–Trinajstić information content (AvgIpc) is 2.38. The van der Waals surface area contributed by atoms with Gasteiger partial charge < -0.3 is 9.47 Å². The van der Waals surface area contributed by atoms with Crippen molar-refractivity contribution in [2.45, 2.75) is 32.1 Å². The van der Waals surface area contributed by atoms with Crippen molar-refractivity contribution in [2.75, 3.05) is 33.9 Å². The first-order chi connectivity index (χ1) is 9.51. The highest BCUT2D eigenvalue weighted by molar-refractivity contribution is 7.82. The predicted molar refractivity (Wildman–Crippen MR) is 82.6 cm³/mol. The predicted octanol–water partition coefficient (Wildman–Crippen LogP) is 2.69. The largest absolute Gasteiger partial charge is 0.491 e. The molecular formula is C15H25NO3S. The lowest BCUT2D eigenvalue weighted by atomic mass is 10.1. The third kappa shape index (κ3) is 4.58. The van der Waals surface area contributed by atoms with Gasteiger partial charge in [-0.15, -0.1) is 0 Å². The van der Waals surface area contributed by atoms with Gasteiger partial charge in [0.25, 0.3) is 0 Å². The molecular weight excluding hydrogens is 274 g/mol. The van der Waals surface area contributed by atoms with Crippen LogP contribution in [-0.2, 0) is 15.7 Å². The molecule has 4 nitrogen and oxygen atoms in total. The van der Waals surface area contributed by atoms with Crippen LogP contribution in [0.5, 0.6) is 5.75 Å². The molecule has 0 N–H and O–H groups in total. The number of hydrogen-bond acceptors (Lipinski definition) is 3. The zero-order valence-corrected chi connectivity index (χ0v) is 13.9. The first-order valence-corrected chi connectivity index (χ1v) is 7.98. The molecule has 0 amide bonds. The van der Waals surface area contributed by atoms with Crippen LogP contribution < -0.4 is 4.74 Å². The first-order valence-electron chi connectivity index (χ1n) is 6.87. The summed E-state index contributed by atoms with van der Waals surface area (Å²) in [4.78, 5) is 0.889. The Kier molecular flexibility index (Phi) is 7.19. The zero-order chi connectivity index (χ0) is 15.1. The molecule has 0 aliphatic carbocycles. The molecule has 0 spiro atoms. The average molecular weight is 299 g/mol. The maximum atomic E-state index is 12.5. The Morgan fingerprint density at radius 3 is 2.30 bits per heavy atom. The monoisotopic (exact) mass is 299 g/mol. The van der Waals surface area contributed by atoms with Gasteiger partial charge in [0, 0.05) is 20.7 Å². The fourth-order valence-electron chi connectivity index (χ4n) is 2.07. The van der Waals surface area contributed by atoms with E-state index in [1.165, 1.54) is 0 Å². The summed E-state index contributed by atoms with van der Waals surface area (Å²) in [5, 5.41) is 0. The number of nitrogens with zero attached hydrogens (tertiary/aromatic N) is 1. The lowest BCUT2D eigenvalue weighted by Gasteiger charge is -2.19. The second-order valence-electron chi connectivity index (χ2n) is 4.83. The number of hydrogen-bond donors (Lipinski definition) is 0. The second kappa shape index (κ2) is 8.39. The van der Waals surface area contributed by atoms with Crippen LogP contribution in [0, 0.1) is 13.8 Å². The summed E-state index contributed by atoms with van der Waals surface area (Å²) >= 11 is 0. The third-order valence-corrected chi connectivity index (χ3v) is 4.73. The number of benzene rings is 1. The van der Waals surface area contributed by atoms with Gasteiger partial charge in [0.2, 0.25) is 0 Å². The van der Waals surface area contributed by atoms with E-state index in [1.54, 1.807) is 7.11 Å². The molecule has 0 fully saturated rings. The Morgan fingerprint density at radius 2 is 1.80 bits per heavy atom. The van der Waals surface area contributed by atoms with Crippen molar-refractivity contribution in [3.8, 4) is 5.75 Å². The van der Waals surface area contributed by atoms with Crippen molar-refractivity contribution in [2.24, 2.45) is 0 Å². The standard InChI is InChI=1S/C15H25NO3S/c1-6-7-16(4)20(17)15-12(2)10-14(11-13(15)3)19-9-8-18-5/h10-11H,6-9H2,1-5H3. The van der Waals surface area contributed by atoms with E-state index < -0.39 is 11.0 Å². The molecule has 1 aromatic rings. The summed E-state index contributed by atoms with van der Waals surface area (Å²) < 4.78 is 25.0. The van der Waals surface area contributed by atoms with Crippen molar-refractivity contribution < 1.29 is 13.7 Å². The molecule has 1 rings (SSSR count). The molecule has 5 heteroatoms. The van der Waals surface area contributed by atoms with Crippen LogP contribution in [-0.4, -0.2) is 42.4 Å². The quantitative estimate of drug-likeness (QED) is 0.693. The molecule has 1 atom stereocenters. The normalized spacial score (nSPS) is 12.7. The molecule has 0 saturated heterocycles. The minimum Gasteiger partial charge on any atom is -0.491 e. The minimum absolute atomic E-state index is 0.521. The highest BCUT2D eigenvalue weighted by atomic mass is 32.2. The number of methoxy groups -OCH3 is 1. The van der Waals surface area contributed by atoms with Crippen molar-refractivity contribution in [1.82, 2.24) is 4.31 Å². The van der Waals surface area contributed by atoms with E-state index in [-0.39, 0.29) is 0 Å². The number of aryl methyl sites for hydroxylation is 2. The van der Waals surface area contributed by atoms with Crippen LogP contribution in [0.1, 0.15) is 24.5 Å². The molecule has 0 aliphatic rings. The Labute approximate surface area is 124 Å². The first kappa shape index (κ1) is 17.1. The van der Waals surface area contributed by atoms with Crippen molar-refractivity contribution in [1.29, 1.82) is 0 Å². The summed E-state index contributed by atoms with van der Waals surface area (Å²) in [6.07, 6.45) is 0.985. The summed E-state index contributed by atoms with van der Waals surface area (Å²) in [5.41, 5.74) is 2.00. The van der Waals surface area contributed by atoms with Crippen LogP contribution >= 0.6 is 0 Å². The molecule has 0 aliphatic heterocycles. The van der Waals surface area contributed by atoms with E-state index in [9.17, 15) is 4.21 Å². The lowest BCUT2D eigenvalue weighted by molar-refractivity contribution is 0.146. The van der Waals surface area contributed by atoms with Crippen molar-refractivity contribution in [3.63, 3.8) is 0 Å². The Bertz CT molecular complexity index is 439. The third-order valence-electron chi connectivity index (χ3n) is 2.99. The second-order valence-corrected chi connectivity index (χ2v) is 6.36. The van der Waals surface area contributed by atoms with E-state index >= 15 is 0 Å². The van der Waals surface area contributed by atoms with Crippen LogP contribution in [0.4, 0.5) is 0 Å². The van der Waals surface area contributed by atoms with E-state index in [4.69, 9.17) is 9.47 Å². The number of rotatable bonds is 8. The van der Waals surface area contributed by atoms with Gasteiger partial charge in [0.05, 0.1) is 11.5 Å². The zero-order valence-electron chi connectivity index (χ0n) is 13.1. The molecule has 114 valence electrons. The number of ether oxygens (including phenoxy) is 2. The summed E-state index contributed by atoms with van der Waals surface area (Å²) in [7, 11) is 2.43. The maximum Gasteiger partial charge on any atom is 0.127 e. The van der Waals surface area contributed by atoms with Gasteiger partial charge in [-0.2, -0.15) is 0 Å². The van der Waals surface area contributed by atoms with Crippen LogP contribution in [0.3, 0.4) is 0 Å². The SMILES string of the molecule is CCCN(C)S(=O)c1c(C)cc(OCCOC)cc1C. The van der Waals surface area contributed by atoms with Crippen LogP contribution in [0.25, 0.3) is 0 Å². The maximum absolute atomic E-state index is 12.5. The van der Waals surface area contributed by atoms with Crippen LogP contribution in [0.2, 0.25) is 0 Å². The Balaban J connectivity index is 2.91. The van der Waals surface area contributed by atoms with Gasteiger partial charge in [-0.25, -0.2) is 8.51 Å². The van der Waals surface area contributed by atoms with Gasteiger partial charge in [0.1, 0.15) is 23.3 Å². The lowest BCUT2D eigenvalue weighted by Crippen LogP contribution is -2.23. The fraction of sp³-hybridized carbons (Fsp3) is 0.600. The smallest absolute Gasteiger partial charge is 0.127 e. The minimum atomic E-state index is -1.11. The van der Waals surface area contributed by atoms with Gasteiger partial charge >= 0.3 is 0 Å². The Hall–Kier alpha value is -0.910. The highest BCUT2D eigenvalue weighted by Crippen LogP contribution is 2.25. The molecule has 20 heavy (non-hydrogen) atoms. The van der Waals surface area contributed by atoms with Crippen LogP contribution in [0.15, 0.2) is 17.0 Å². The molecule has 0 aromatic heterocycles. The van der Waals surface area contributed by atoms with Crippen molar-refractivity contribution >= 4 is 11.0 Å². The van der Waals surface area contributed by atoms with E-state index in [0.717, 1.165) is 34.7 Å². The summed E-state index contributed by atoms with van der Waals surface area (Å²) in [6.45, 7) is 7.93. The summed E-state index contributed by atoms with van der Waals surface area (Å²) in [6, 6.07) is 3.88. The molecule has 0 heterocycles.